The van der Waals surface area contributed by atoms with Crippen LogP contribution in [0.25, 0.3) is 21.9 Å². The fourth-order valence-corrected chi connectivity index (χ4v) is 5.54. The van der Waals surface area contributed by atoms with Crippen molar-refractivity contribution >= 4 is 26.5 Å². The van der Waals surface area contributed by atoms with E-state index in [0.29, 0.717) is 18.7 Å². The molecule has 0 saturated carbocycles. The molecule has 0 bridgehead atoms. The number of nitrogens with two attached hydrogens (primary N) is 1. The molecule has 4 aromatic rings. The van der Waals surface area contributed by atoms with Gasteiger partial charge in [0.15, 0.2) is 0 Å². The van der Waals surface area contributed by atoms with Crippen LogP contribution in [0.4, 0.5) is 5.69 Å². The van der Waals surface area contributed by atoms with E-state index in [0.717, 1.165) is 21.9 Å². The first-order valence-corrected chi connectivity index (χ1v) is 11.4. The summed E-state index contributed by atoms with van der Waals surface area (Å²) in [7, 11) is -3.82. The number of sulfonamides is 1. The Morgan fingerprint density at radius 1 is 0.767 bits per heavy atom. The van der Waals surface area contributed by atoms with Gasteiger partial charge in [0.1, 0.15) is 4.90 Å². The van der Waals surface area contributed by atoms with E-state index in [2.05, 4.69) is 0 Å². The average Bonchev–Trinajstić information content (AvgIpc) is 2.77. The minimum atomic E-state index is -3.82. The molecular formula is C25H24N2O2S. The number of hydrogen-bond acceptors (Lipinski definition) is 3. The molecule has 0 heterocycles. The Kier molecular flexibility index (Phi) is 5.57. The first-order chi connectivity index (χ1) is 14.5. The second-order valence-corrected chi connectivity index (χ2v) is 9.04. The van der Waals surface area contributed by atoms with Gasteiger partial charge in [-0.2, -0.15) is 4.31 Å². The number of fused-ring (bicyclic) bond motifs is 1. The summed E-state index contributed by atoms with van der Waals surface area (Å²) in [5.41, 5.74) is 8.94. The van der Waals surface area contributed by atoms with Crippen molar-refractivity contribution in [1.29, 1.82) is 0 Å². The molecule has 4 nitrogen and oxygen atoms in total. The molecule has 0 unspecified atom stereocenters. The standard InChI is InChI=1S/C25H24N2O2S/c1-2-27(18-19-10-4-3-5-11-19)30(28,29)25-23(16-9-17-24(25)26)22-15-8-13-20-12-6-7-14-21(20)22/h3-17H,2,18,26H2,1H3. The van der Waals surface area contributed by atoms with Crippen molar-refractivity contribution in [2.75, 3.05) is 12.3 Å². The molecule has 4 rings (SSSR count). The normalized spacial score (nSPS) is 11.8. The highest BCUT2D eigenvalue weighted by Crippen LogP contribution is 2.37. The number of rotatable bonds is 6. The molecular weight excluding hydrogens is 392 g/mol. The van der Waals surface area contributed by atoms with Gasteiger partial charge in [-0.15, -0.1) is 0 Å². The minimum Gasteiger partial charge on any atom is -0.398 e. The molecule has 0 aromatic heterocycles. The summed E-state index contributed by atoms with van der Waals surface area (Å²) in [5, 5.41) is 2.05. The SMILES string of the molecule is CCN(Cc1ccccc1)S(=O)(=O)c1c(N)cccc1-c1cccc2ccccc12. The largest absolute Gasteiger partial charge is 0.398 e. The Hall–Kier alpha value is -3.15. The lowest BCUT2D eigenvalue weighted by molar-refractivity contribution is 0.424. The van der Waals surface area contributed by atoms with Crippen LogP contribution in [0.1, 0.15) is 12.5 Å². The van der Waals surface area contributed by atoms with E-state index in [1.54, 1.807) is 12.1 Å². The third-order valence-corrected chi connectivity index (χ3v) is 7.32. The van der Waals surface area contributed by atoms with Gasteiger partial charge in [0.25, 0.3) is 0 Å². The predicted molar refractivity (Wildman–Crippen MR) is 124 cm³/mol. The highest BCUT2D eigenvalue weighted by atomic mass is 32.2. The number of nitrogen functional groups attached to an aromatic ring is 1. The molecule has 0 radical (unpaired) electrons. The van der Waals surface area contributed by atoms with E-state index in [1.165, 1.54) is 4.31 Å². The van der Waals surface area contributed by atoms with Gasteiger partial charge in [-0.3, -0.25) is 0 Å². The molecule has 30 heavy (non-hydrogen) atoms. The molecule has 0 fully saturated rings. The van der Waals surface area contributed by atoms with E-state index in [1.807, 2.05) is 85.8 Å². The highest BCUT2D eigenvalue weighted by molar-refractivity contribution is 7.89. The molecule has 0 saturated heterocycles. The van der Waals surface area contributed by atoms with E-state index >= 15 is 0 Å². The van der Waals surface area contributed by atoms with Crippen LogP contribution in [0.5, 0.6) is 0 Å². The van der Waals surface area contributed by atoms with Gasteiger partial charge in [-0.25, -0.2) is 8.42 Å². The molecule has 0 amide bonds. The first kappa shape index (κ1) is 20.1. The van der Waals surface area contributed by atoms with E-state index < -0.39 is 10.0 Å². The number of nitrogens with zero attached hydrogens (tertiary/aromatic N) is 1. The van der Waals surface area contributed by atoms with Crippen molar-refractivity contribution in [2.24, 2.45) is 0 Å². The lowest BCUT2D eigenvalue weighted by atomic mass is 9.98. The molecule has 0 aliphatic heterocycles. The van der Waals surface area contributed by atoms with Gasteiger partial charge in [-0.05, 0) is 28.0 Å². The fraction of sp³-hybridized carbons (Fsp3) is 0.120. The number of benzene rings is 4. The summed E-state index contributed by atoms with van der Waals surface area (Å²) in [4.78, 5) is 0.166. The van der Waals surface area contributed by atoms with Crippen molar-refractivity contribution in [2.45, 2.75) is 18.4 Å². The second kappa shape index (κ2) is 8.30. The van der Waals surface area contributed by atoms with Crippen LogP contribution >= 0.6 is 0 Å². The van der Waals surface area contributed by atoms with Gasteiger partial charge in [0.05, 0.1) is 5.69 Å². The summed E-state index contributed by atoms with van der Waals surface area (Å²) in [6, 6.07) is 28.8. The summed E-state index contributed by atoms with van der Waals surface area (Å²) >= 11 is 0. The summed E-state index contributed by atoms with van der Waals surface area (Å²) in [6.45, 7) is 2.49. The summed E-state index contributed by atoms with van der Waals surface area (Å²) in [5.74, 6) is 0. The molecule has 0 aliphatic carbocycles. The molecule has 0 atom stereocenters. The molecule has 0 aliphatic rings. The van der Waals surface area contributed by atoms with Crippen LogP contribution in [-0.4, -0.2) is 19.3 Å². The van der Waals surface area contributed by atoms with Gasteiger partial charge in [0, 0.05) is 18.7 Å². The Bertz CT molecular complexity index is 1280. The third kappa shape index (κ3) is 3.70. The fourth-order valence-electron chi connectivity index (χ4n) is 3.80. The van der Waals surface area contributed by atoms with Crippen molar-refractivity contribution in [1.82, 2.24) is 4.31 Å². The number of hydrogen-bond donors (Lipinski definition) is 1. The van der Waals surface area contributed by atoms with Crippen LogP contribution in [0, 0.1) is 0 Å². The van der Waals surface area contributed by atoms with E-state index in [9.17, 15) is 8.42 Å². The maximum absolute atomic E-state index is 13.8. The van der Waals surface area contributed by atoms with Gasteiger partial charge in [0.2, 0.25) is 10.0 Å². The monoisotopic (exact) mass is 416 g/mol. The molecule has 4 aromatic carbocycles. The van der Waals surface area contributed by atoms with Crippen molar-refractivity contribution < 1.29 is 8.42 Å². The smallest absolute Gasteiger partial charge is 0.246 e. The Morgan fingerprint density at radius 3 is 2.17 bits per heavy atom. The van der Waals surface area contributed by atoms with Crippen LogP contribution in [0.15, 0.2) is 95.9 Å². The highest BCUT2D eigenvalue weighted by Gasteiger charge is 2.29. The quantitative estimate of drug-likeness (QED) is 0.434. The van der Waals surface area contributed by atoms with E-state index in [-0.39, 0.29) is 10.6 Å². The van der Waals surface area contributed by atoms with Crippen LogP contribution in [0.3, 0.4) is 0 Å². The van der Waals surface area contributed by atoms with Gasteiger partial charge in [-0.1, -0.05) is 91.9 Å². The topological polar surface area (TPSA) is 63.4 Å². The van der Waals surface area contributed by atoms with Crippen LogP contribution < -0.4 is 5.73 Å². The van der Waals surface area contributed by atoms with Crippen LogP contribution in [-0.2, 0) is 16.6 Å². The predicted octanol–water partition coefficient (Wildman–Crippen LogP) is 5.30. The lowest BCUT2D eigenvalue weighted by Crippen LogP contribution is -2.31. The summed E-state index contributed by atoms with van der Waals surface area (Å²) in [6.07, 6.45) is 0. The van der Waals surface area contributed by atoms with Crippen molar-refractivity contribution in [3.05, 3.63) is 96.6 Å². The molecule has 2 N–H and O–H groups in total. The van der Waals surface area contributed by atoms with Crippen molar-refractivity contribution in [3.63, 3.8) is 0 Å². The average molecular weight is 417 g/mol. The van der Waals surface area contributed by atoms with Crippen LogP contribution in [0.2, 0.25) is 0 Å². The Balaban J connectivity index is 1.88. The zero-order chi connectivity index (χ0) is 21.1. The van der Waals surface area contributed by atoms with Gasteiger partial charge < -0.3 is 5.73 Å². The first-order valence-electron chi connectivity index (χ1n) is 9.93. The van der Waals surface area contributed by atoms with E-state index in [4.69, 9.17) is 5.73 Å². The Morgan fingerprint density at radius 2 is 1.40 bits per heavy atom. The maximum atomic E-state index is 13.8. The zero-order valence-corrected chi connectivity index (χ0v) is 17.6. The number of anilines is 1. The maximum Gasteiger partial charge on any atom is 0.246 e. The summed E-state index contributed by atoms with van der Waals surface area (Å²) < 4.78 is 29.0. The molecule has 5 heteroatoms. The molecule has 0 spiro atoms. The van der Waals surface area contributed by atoms with Gasteiger partial charge >= 0.3 is 0 Å². The zero-order valence-electron chi connectivity index (χ0n) is 16.8. The second-order valence-electron chi connectivity index (χ2n) is 7.17. The molecule has 152 valence electrons. The van der Waals surface area contributed by atoms with Crippen molar-refractivity contribution in [3.8, 4) is 11.1 Å². The third-order valence-electron chi connectivity index (χ3n) is 5.28. The minimum absolute atomic E-state index is 0.166. The lowest BCUT2D eigenvalue weighted by Gasteiger charge is -2.24. The Labute approximate surface area is 177 Å².